The number of carbonyl (C=O) groups is 3. The average molecular weight is 302 g/mol. The van der Waals surface area contributed by atoms with E-state index in [1.54, 1.807) is 0 Å². The molecule has 6 N–H and O–H groups in total. The van der Waals surface area contributed by atoms with Crippen LogP contribution in [0, 0.1) is 0 Å². The summed E-state index contributed by atoms with van der Waals surface area (Å²) in [5.74, 6) is -4.81. The molecule has 114 valence electrons. The van der Waals surface area contributed by atoms with Crippen molar-refractivity contribution < 1.29 is 67.4 Å². The van der Waals surface area contributed by atoms with Crippen LogP contribution in [0.4, 0.5) is 0 Å². The van der Waals surface area contributed by atoms with E-state index >= 15 is 0 Å². The first kappa shape index (κ1) is 25.8. The van der Waals surface area contributed by atoms with Crippen LogP contribution in [0.15, 0.2) is 4.99 Å². The summed E-state index contributed by atoms with van der Waals surface area (Å²) < 4.78 is 0. The summed E-state index contributed by atoms with van der Waals surface area (Å²) in [6.45, 7) is 0.171. The molecule has 0 aliphatic rings. The Kier molecular flexibility index (Phi) is 15.8. The standard InChI is InChI=1S/C10H18N4O6.2Li/c11-10(12)13-3-1-2-5(8(17)18)14-6(9(19)20)4-7(15)16;;/h5-6,14H,1-4H2,(H,15,16)(H,17,18)(H,19,20)(H4,11,12,13);;/q;2*+1/p-2/t5-,6?;;/m0../s1. The fourth-order valence-electron chi connectivity index (χ4n) is 1.40. The van der Waals surface area contributed by atoms with Crippen molar-refractivity contribution >= 4 is 23.9 Å². The molecule has 0 saturated heterocycles. The van der Waals surface area contributed by atoms with Crippen molar-refractivity contribution in [3.8, 4) is 0 Å². The number of carboxylic acid groups (broad SMARTS) is 3. The first-order valence-electron chi connectivity index (χ1n) is 5.69. The van der Waals surface area contributed by atoms with Crippen molar-refractivity contribution in [2.45, 2.75) is 31.3 Å². The van der Waals surface area contributed by atoms with Gasteiger partial charge in [0.25, 0.3) is 0 Å². The van der Waals surface area contributed by atoms with Crippen LogP contribution in [0.1, 0.15) is 19.3 Å². The number of nitrogens with zero attached hydrogens (tertiary/aromatic N) is 1. The fraction of sp³-hybridized carbons (Fsp3) is 0.600. The Morgan fingerprint density at radius 1 is 1.14 bits per heavy atom. The molecule has 0 aromatic carbocycles. The topological polar surface area (TPSA) is 194 Å². The van der Waals surface area contributed by atoms with Gasteiger partial charge >= 0.3 is 43.7 Å². The molecule has 22 heavy (non-hydrogen) atoms. The molecule has 10 nitrogen and oxygen atoms in total. The summed E-state index contributed by atoms with van der Waals surface area (Å²) in [5, 5.41) is 32.2. The Balaban J connectivity index is -0.00000180. The van der Waals surface area contributed by atoms with Gasteiger partial charge in [-0.05, 0) is 12.8 Å². The van der Waals surface area contributed by atoms with Crippen LogP contribution in [0.2, 0.25) is 0 Å². The van der Waals surface area contributed by atoms with Crippen LogP contribution in [0.25, 0.3) is 0 Å². The van der Waals surface area contributed by atoms with Crippen molar-refractivity contribution in [3.05, 3.63) is 0 Å². The zero-order valence-corrected chi connectivity index (χ0v) is 12.6. The van der Waals surface area contributed by atoms with Crippen LogP contribution in [0.5, 0.6) is 0 Å². The van der Waals surface area contributed by atoms with Crippen LogP contribution < -0.4 is 64.7 Å². The third-order valence-corrected chi connectivity index (χ3v) is 2.30. The number of carboxylic acids is 3. The van der Waals surface area contributed by atoms with Gasteiger partial charge in [0.2, 0.25) is 0 Å². The zero-order valence-electron chi connectivity index (χ0n) is 12.6. The van der Waals surface area contributed by atoms with Gasteiger partial charge < -0.3 is 36.4 Å². The molecule has 2 atom stereocenters. The van der Waals surface area contributed by atoms with Gasteiger partial charge in [-0.15, -0.1) is 0 Å². The number of aliphatic imine (C=N–C) groups is 1. The van der Waals surface area contributed by atoms with E-state index in [1.165, 1.54) is 0 Å². The predicted molar refractivity (Wildman–Crippen MR) is 62.9 cm³/mol. The molecule has 0 aliphatic carbocycles. The molecule has 0 aromatic heterocycles. The molecule has 0 amide bonds. The number of nitrogens with one attached hydrogen (secondary N) is 1. The molecule has 0 spiro atoms. The molecule has 0 aliphatic heterocycles. The summed E-state index contributed by atoms with van der Waals surface area (Å²) in [6.07, 6.45) is -0.601. The van der Waals surface area contributed by atoms with Crippen LogP contribution in [-0.4, -0.2) is 47.6 Å². The number of carbonyl (C=O) groups excluding carboxylic acids is 2. The molecule has 1 unspecified atom stereocenters. The first-order chi connectivity index (χ1) is 9.23. The molecular formula is C10H16Li2N4O6. The largest absolute Gasteiger partial charge is 1.00 e. The van der Waals surface area contributed by atoms with Gasteiger partial charge in [0.1, 0.15) is 6.04 Å². The zero-order chi connectivity index (χ0) is 15.7. The number of hydrogen-bond donors (Lipinski definition) is 4. The molecule has 0 aromatic rings. The maximum Gasteiger partial charge on any atom is 1.00 e. The van der Waals surface area contributed by atoms with Gasteiger partial charge in [-0.3, -0.25) is 15.1 Å². The summed E-state index contributed by atoms with van der Waals surface area (Å²) in [7, 11) is 0. The Bertz CT molecular complexity index is 403. The predicted octanol–water partition coefficient (Wildman–Crippen LogP) is -10.7. The van der Waals surface area contributed by atoms with Gasteiger partial charge in [-0.25, -0.2) is 0 Å². The van der Waals surface area contributed by atoms with E-state index in [4.69, 9.17) is 16.6 Å². The monoisotopic (exact) mass is 302 g/mol. The van der Waals surface area contributed by atoms with Crippen molar-refractivity contribution in [2.24, 2.45) is 16.5 Å². The number of guanidine groups is 1. The number of nitrogens with two attached hydrogens (primary N) is 2. The van der Waals surface area contributed by atoms with Gasteiger partial charge in [-0.2, -0.15) is 0 Å². The van der Waals surface area contributed by atoms with E-state index in [2.05, 4.69) is 10.3 Å². The number of aliphatic carboxylic acids is 3. The molecule has 0 heterocycles. The number of hydrogen-bond acceptors (Lipinski definition) is 7. The second-order valence-electron chi connectivity index (χ2n) is 3.95. The summed E-state index contributed by atoms with van der Waals surface area (Å²) >= 11 is 0. The maximum absolute atomic E-state index is 10.9. The fourth-order valence-corrected chi connectivity index (χ4v) is 1.40. The minimum Gasteiger partial charge on any atom is -0.550 e. The van der Waals surface area contributed by atoms with Gasteiger partial charge in [-0.1, -0.05) is 0 Å². The second kappa shape index (κ2) is 13.5. The molecule has 0 rings (SSSR count). The minimum absolute atomic E-state index is 0. The van der Waals surface area contributed by atoms with E-state index in [0.29, 0.717) is 0 Å². The van der Waals surface area contributed by atoms with Crippen LogP contribution in [0.3, 0.4) is 0 Å². The van der Waals surface area contributed by atoms with Crippen molar-refractivity contribution in [1.29, 1.82) is 0 Å². The smallest absolute Gasteiger partial charge is 0.550 e. The molecule has 0 bridgehead atoms. The normalized spacial score (nSPS) is 12.0. The molecule has 0 radical (unpaired) electrons. The van der Waals surface area contributed by atoms with E-state index in [9.17, 15) is 24.6 Å². The third kappa shape index (κ3) is 12.6. The van der Waals surface area contributed by atoms with E-state index in [-0.39, 0.29) is 63.1 Å². The first-order valence-corrected chi connectivity index (χ1v) is 5.69. The molecule has 0 fully saturated rings. The van der Waals surface area contributed by atoms with E-state index in [1.807, 2.05) is 0 Å². The maximum atomic E-state index is 10.9. The van der Waals surface area contributed by atoms with Gasteiger partial charge in [0, 0.05) is 18.9 Å². The van der Waals surface area contributed by atoms with Crippen LogP contribution >= 0.6 is 0 Å². The van der Waals surface area contributed by atoms with Crippen molar-refractivity contribution in [2.75, 3.05) is 6.54 Å². The SMILES string of the molecule is NC(N)=NCCC[C@H](NC(CC(=O)[O-])C(=O)[O-])C(=O)O.[Li+].[Li+]. The van der Waals surface area contributed by atoms with Crippen LogP contribution in [-0.2, 0) is 14.4 Å². The summed E-state index contributed by atoms with van der Waals surface area (Å²) in [6, 6.07) is -2.91. The van der Waals surface area contributed by atoms with Gasteiger partial charge in [0.05, 0.1) is 12.0 Å². The summed E-state index contributed by atoms with van der Waals surface area (Å²) in [4.78, 5) is 35.7. The Morgan fingerprint density at radius 2 is 1.68 bits per heavy atom. The van der Waals surface area contributed by atoms with E-state index in [0.717, 1.165) is 0 Å². The summed E-state index contributed by atoms with van der Waals surface area (Å²) in [5.41, 5.74) is 10.2. The Hall–Kier alpha value is -1.17. The molecular weight excluding hydrogens is 286 g/mol. The van der Waals surface area contributed by atoms with E-state index < -0.39 is 36.4 Å². The third-order valence-electron chi connectivity index (χ3n) is 2.30. The molecule has 0 saturated carbocycles. The van der Waals surface area contributed by atoms with Gasteiger partial charge in [0.15, 0.2) is 5.96 Å². The average Bonchev–Trinajstić information content (AvgIpc) is 2.30. The second-order valence-corrected chi connectivity index (χ2v) is 3.95. The Morgan fingerprint density at radius 3 is 2.05 bits per heavy atom. The van der Waals surface area contributed by atoms with Crippen molar-refractivity contribution in [3.63, 3.8) is 0 Å². The minimum atomic E-state index is -1.72. The van der Waals surface area contributed by atoms with Crippen molar-refractivity contribution in [1.82, 2.24) is 5.32 Å². The molecule has 12 heteroatoms. The number of rotatable bonds is 10. The Labute approximate surface area is 151 Å². The quantitative estimate of drug-likeness (QED) is 0.131.